The number of hydrogen-bond donors (Lipinski definition) is 1. The van der Waals surface area contributed by atoms with Crippen LogP contribution < -0.4 is 0 Å². The maximum absolute atomic E-state index is 11.7. The second-order valence-corrected chi connectivity index (χ2v) is 6.30. The van der Waals surface area contributed by atoms with Gasteiger partial charge in [0.25, 0.3) is 0 Å². The number of aromatic nitrogens is 3. The van der Waals surface area contributed by atoms with E-state index in [4.69, 9.17) is 11.6 Å². The summed E-state index contributed by atoms with van der Waals surface area (Å²) < 4.78 is 1.69. The topological polar surface area (TPSA) is 68.0 Å². The Morgan fingerprint density at radius 3 is 2.67 bits per heavy atom. The van der Waals surface area contributed by atoms with Crippen LogP contribution >= 0.6 is 11.6 Å². The molecule has 124 valence electrons. The van der Waals surface area contributed by atoms with Gasteiger partial charge in [0.05, 0.1) is 5.02 Å². The fraction of sp³-hybridized carbons (Fsp3) is 0.278. The van der Waals surface area contributed by atoms with E-state index in [0.717, 1.165) is 11.1 Å². The van der Waals surface area contributed by atoms with E-state index in [1.165, 1.54) is 11.8 Å². The average molecular weight is 344 g/mol. The minimum Gasteiger partial charge on any atom is -0.480 e. The zero-order chi connectivity index (χ0) is 17.4. The van der Waals surface area contributed by atoms with Gasteiger partial charge in [0.1, 0.15) is 17.4 Å². The Morgan fingerprint density at radius 1 is 1.29 bits per heavy atom. The van der Waals surface area contributed by atoms with E-state index >= 15 is 0 Å². The summed E-state index contributed by atoms with van der Waals surface area (Å²) in [5.41, 5.74) is 4.29. The minimum atomic E-state index is -0.904. The molecule has 6 heteroatoms. The van der Waals surface area contributed by atoms with E-state index in [1.54, 1.807) is 10.6 Å². The van der Waals surface area contributed by atoms with Crippen molar-refractivity contribution in [2.45, 2.75) is 33.2 Å². The fourth-order valence-corrected chi connectivity index (χ4v) is 2.96. The largest absolute Gasteiger partial charge is 0.480 e. The number of imidazole rings is 1. The summed E-state index contributed by atoms with van der Waals surface area (Å²) in [6.07, 6.45) is 1.95. The van der Waals surface area contributed by atoms with E-state index in [2.05, 4.69) is 9.97 Å². The number of nitrogens with zero attached hydrogens (tertiary/aromatic N) is 3. The molecular weight excluding hydrogens is 326 g/mol. The molecule has 0 fully saturated rings. The molecule has 1 N–H and O–H groups in total. The van der Waals surface area contributed by atoms with Crippen LogP contribution in [0.5, 0.6) is 0 Å². The van der Waals surface area contributed by atoms with Gasteiger partial charge in [-0.15, -0.1) is 0 Å². The Labute approximate surface area is 144 Å². The molecule has 1 unspecified atom stereocenters. The number of aliphatic carboxylic acids is 1. The van der Waals surface area contributed by atoms with Crippen LogP contribution in [0, 0.1) is 13.8 Å². The Hall–Kier alpha value is -2.40. The number of carboxylic acids is 1. The van der Waals surface area contributed by atoms with Crippen LogP contribution in [0.2, 0.25) is 5.02 Å². The van der Waals surface area contributed by atoms with Gasteiger partial charge in [0.2, 0.25) is 0 Å². The highest BCUT2D eigenvalue weighted by molar-refractivity contribution is 6.31. The highest BCUT2D eigenvalue weighted by Gasteiger charge is 2.25. The van der Waals surface area contributed by atoms with E-state index < -0.39 is 12.0 Å². The molecule has 5 nitrogen and oxygen atoms in total. The quantitative estimate of drug-likeness (QED) is 0.762. The Morgan fingerprint density at radius 2 is 2.04 bits per heavy atom. The standard InChI is InChI=1S/C18H18ClN3O2/c1-4-15(18(23)24)22-16(12-6-5-10(2)11(3)7-12)21-14-8-13(19)9-20-17(14)22/h5-9,15H,4H2,1-3H3,(H,23,24). The van der Waals surface area contributed by atoms with Gasteiger partial charge >= 0.3 is 5.97 Å². The van der Waals surface area contributed by atoms with Crippen molar-refractivity contribution in [2.75, 3.05) is 0 Å². The number of hydrogen-bond acceptors (Lipinski definition) is 3. The number of benzene rings is 1. The van der Waals surface area contributed by atoms with Crippen molar-refractivity contribution in [3.63, 3.8) is 0 Å². The zero-order valence-corrected chi connectivity index (χ0v) is 14.5. The molecule has 0 spiro atoms. The summed E-state index contributed by atoms with van der Waals surface area (Å²) in [6.45, 7) is 5.90. The van der Waals surface area contributed by atoms with Crippen molar-refractivity contribution in [1.29, 1.82) is 0 Å². The third-order valence-corrected chi connectivity index (χ3v) is 4.45. The lowest BCUT2D eigenvalue weighted by Gasteiger charge is -2.16. The van der Waals surface area contributed by atoms with Crippen LogP contribution in [-0.2, 0) is 4.79 Å². The lowest BCUT2D eigenvalue weighted by Crippen LogP contribution is -2.19. The Kier molecular flexibility index (Phi) is 4.28. The maximum atomic E-state index is 11.7. The molecule has 0 saturated carbocycles. The van der Waals surface area contributed by atoms with Gasteiger partial charge < -0.3 is 5.11 Å². The SMILES string of the molecule is CCC(C(=O)O)n1c(-c2ccc(C)c(C)c2)nc2cc(Cl)cnc21. The molecule has 0 amide bonds. The maximum Gasteiger partial charge on any atom is 0.326 e. The summed E-state index contributed by atoms with van der Waals surface area (Å²) in [5, 5.41) is 10.1. The molecule has 1 aromatic carbocycles. The van der Waals surface area contributed by atoms with Crippen molar-refractivity contribution < 1.29 is 9.90 Å². The van der Waals surface area contributed by atoms with Gasteiger partial charge in [-0.2, -0.15) is 0 Å². The molecule has 3 aromatic rings. The van der Waals surface area contributed by atoms with Crippen LogP contribution in [0.1, 0.15) is 30.5 Å². The highest BCUT2D eigenvalue weighted by Crippen LogP contribution is 2.31. The number of carboxylic acid groups (broad SMARTS) is 1. The molecule has 0 aliphatic heterocycles. The minimum absolute atomic E-state index is 0.433. The van der Waals surface area contributed by atoms with Crippen LogP contribution in [0.15, 0.2) is 30.5 Å². The molecular formula is C18H18ClN3O2. The first-order chi connectivity index (χ1) is 11.4. The highest BCUT2D eigenvalue weighted by atomic mass is 35.5. The van der Waals surface area contributed by atoms with Crippen LogP contribution in [0.4, 0.5) is 0 Å². The molecule has 2 heterocycles. The normalized spacial score (nSPS) is 12.5. The lowest BCUT2D eigenvalue weighted by molar-refractivity contribution is -0.140. The molecule has 24 heavy (non-hydrogen) atoms. The second kappa shape index (κ2) is 6.24. The van der Waals surface area contributed by atoms with E-state index in [-0.39, 0.29) is 0 Å². The van der Waals surface area contributed by atoms with Crippen molar-refractivity contribution in [3.05, 3.63) is 46.6 Å². The number of rotatable bonds is 4. The second-order valence-electron chi connectivity index (χ2n) is 5.86. The summed E-state index contributed by atoms with van der Waals surface area (Å²) in [4.78, 5) is 20.7. The van der Waals surface area contributed by atoms with E-state index in [9.17, 15) is 9.90 Å². The third-order valence-electron chi connectivity index (χ3n) is 4.25. The predicted molar refractivity (Wildman–Crippen MR) is 94.4 cm³/mol. The molecule has 0 aliphatic rings. The van der Waals surface area contributed by atoms with Gasteiger partial charge in [-0.05, 0) is 43.5 Å². The van der Waals surface area contributed by atoms with Gasteiger partial charge in [0, 0.05) is 11.8 Å². The summed E-state index contributed by atoms with van der Waals surface area (Å²) in [7, 11) is 0. The number of halogens is 1. The Bertz CT molecular complexity index is 933. The van der Waals surface area contributed by atoms with Crippen molar-refractivity contribution in [3.8, 4) is 11.4 Å². The van der Waals surface area contributed by atoms with E-state index in [1.807, 2.05) is 39.0 Å². The van der Waals surface area contributed by atoms with Crippen LogP contribution in [0.3, 0.4) is 0 Å². The van der Waals surface area contributed by atoms with Gasteiger partial charge in [-0.3, -0.25) is 4.57 Å². The average Bonchev–Trinajstić information content (AvgIpc) is 2.89. The van der Waals surface area contributed by atoms with Crippen LogP contribution in [0.25, 0.3) is 22.6 Å². The Balaban J connectivity index is 2.33. The molecule has 3 rings (SSSR count). The first-order valence-corrected chi connectivity index (χ1v) is 8.14. The molecule has 1 atom stereocenters. The summed E-state index contributed by atoms with van der Waals surface area (Å²) >= 11 is 6.02. The van der Waals surface area contributed by atoms with Crippen molar-refractivity contribution in [1.82, 2.24) is 14.5 Å². The molecule has 2 aromatic heterocycles. The first-order valence-electron chi connectivity index (χ1n) is 7.76. The third kappa shape index (κ3) is 2.76. The summed E-state index contributed by atoms with van der Waals surface area (Å²) in [6, 6.07) is 6.95. The van der Waals surface area contributed by atoms with Gasteiger partial charge in [-0.1, -0.05) is 30.7 Å². The number of pyridine rings is 1. The van der Waals surface area contributed by atoms with Crippen LogP contribution in [-0.4, -0.2) is 25.6 Å². The van der Waals surface area contributed by atoms with Gasteiger partial charge in [0.15, 0.2) is 5.65 Å². The van der Waals surface area contributed by atoms with Crippen molar-refractivity contribution in [2.24, 2.45) is 0 Å². The van der Waals surface area contributed by atoms with Gasteiger partial charge in [-0.25, -0.2) is 14.8 Å². The molecule has 0 aliphatic carbocycles. The number of fused-ring (bicyclic) bond motifs is 1. The molecule has 0 saturated heterocycles. The lowest BCUT2D eigenvalue weighted by atomic mass is 10.1. The zero-order valence-electron chi connectivity index (χ0n) is 13.7. The fourth-order valence-electron chi connectivity index (χ4n) is 2.80. The number of aryl methyl sites for hydroxylation is 2. The number of carbonyl (C=O) groups is 1. The molecule has 0 radical (unpaired) electrons. The monoisotopic (exact) mass is 343 g/mol. The summed E-state index contributed by atoms with van der Waals surface area (Å²) in [5.74, 6) is -0.309. The predicted octanol–water partition coefficient (Wildman–Crippen LogP) is 4.40. The van der Waals surface area contributed by atoms with Crippen molar-refractivity contribution >= 4 is 28.7 Å². The first kappa shape index (κ1) is 16.5. The van der Waals surface area contributed by atoms with E-state index in [0.29, 0.717) is 28.4 Å². The smallest absolute Gasteiger partial charge is 0.326 e. The molecule has 0 bridgehead atoms.